The molecule has 110 valence electrons. The van der Waals surface area contributed by atoms with Gasteiger partial charge in [0, 0.05) is 6.54 Å². The Morgan fingerprint density at radius 1 is 1.32 bits per heavy atom. The van der Waals surface area contributed by atoms with Crippen LogP contribution in [0.5, 0.6) is 0 Å². The van der Waals surface area contributed by atoms with Crippen LogP contribution in [0.1, 0.15) is 34.1 Å². The summed E-state index contributed by atoms with van der Waals surface area (Å²) in [5.74, 6) is -1.74. The molecule has 7 heteroatoms. The Morgan fingerprint density at radius 3 is 2.16 bits per heavy atom. The lowest BCUT2D eigenvalue weighted by Crippen LogP contribution is -2.53. The first-order valence-electron chi connectivity index (χ1n) is 6.21. The molecule has 19 heavy (non-hydrogen) atoms. The second-order valence-electron chi connectivity index (χ2n) is 5.17. The Morgan fingerprint density at radius 2 is 1.84 bits per heavy atom. The Bertz CT molecular complexity index is 357. The van der Waals surface area contributed by atoms with Crippen molar-refractivity contribution in [3.8, 4) is 0 Å². The average molecular weight is 273 g/mol. The van der Waals surface area contributed by atoms with Gasteiger partial charge in [0.25, 0.3) is 0 Å². The molecule has 2 unspecified atom stereocenters. The Kier molecular flexibility index (Phi) is 6.31. The van der Waals surface area contributed by atoms with Crippen molar-refractivity contribution in [2.75, 3.05) is 6.54 Å². The SMILES string of the molecule is CCC(C)(CNC(=O)NC(C(N)=O)C(C)C)C(=O)O. The van der Waals surface area contributed by atoms with Gasteiger partial charge < -0.3 is 21.5 Å². The third-order valence-corrected chi connectivity index (χ3v) is 3.20. The lowest BCUT2D eigenvalue weighted by molar-refractivity contribution is -0.147. The number of nitrogens with two attached hydrogens (primary N) is 1. The van der Waals surface area contributed by atoms with Crippen molar-refractivity contribution >= 4 is 17.9 Å². The molecule has 0 fully saturated rings. The van der Waals surface area contributed by atoms with E-state index in [9.17, 15) is 14.4 Å². The standard InChI is InChI=1S/C12H23N3O4/c1-5-12(4,10(17)18)6-14-11(19)15-8(7(2)3)9(13)16/h7-8H,5-6H2,1-4H3,(H2,13,16)(H,17,18)(H2,14,15,19). The molecule has 0 aromatic carbocycles. The van der Waals surface area contributed by atoms with Crippen LogP contribution in [-0.4, -0.2) is 35.6 Å². The summed E-state index contributed by atoms with van der Waals surface area (Å²) in [6, 6.07) is -1.38. The molecule has 0 aliphatic carbocycles. The molecule has 2 atom stereocenters. The van der Waals surface area contributed by atoms with Crippen molar-refractivity contribution < 1.29 is 19.5 Å². The average Bonchev–Trinajstić information content (AvgIpc) is 2.31. The van der Waals surface area contributed by atoms with Gasteiger partial charge in [0.1, 0.15) is 6.04 Å². The first-order valence-corrected chi connectivity index (χ1v) is 6.21. The number of amides is 3. The van der Waals surface area contributed by atoms with E-state index in [1.807, 2.05) is 0 Å². The van der Waals surface area contributed by atoms with Gasteiger partial charge in [-0.15, -0.1) is 0 Å². The molecule has 0 radical (unpaired) electrons. The van der Waals surface area contributed by atoms with Gasteiger partial charge in [-0.3, -0.25) is 9.59 Å². The number of carboxylic acid groups (broad SMARTS) is 1. The Balaban J connectivity index is 4.47. The van der Waals surface area contributed by atoms with Crippen LogP contribution in [0, 0.1) is 11.3 Å². The summed E-state index contributed by atoms with van der Waals surface area (Å²) in [7, 11) is 0. The summed E-state index contributed by atoms with van der Waals surface area (Å²) in [5.41, 5.74) is 4.14. The zero-order valence-corrected chi connectivity index (χ0v) is 11.8. The maximum absolute atomic E-state index is 11.6. The van der Waals surface area contributed by atoms with E-state index in [1.54, 1.807) is 27.7 Å². The molecule has 0 aromatic rings. The fourth-order valence-electron chi connectivity index (χ4n) is 1.39. The summed E-state index contributed by atoms with van der Waals surface area (Å²) in [6.45, 7) is 6.76. The third-order valence-electron chi connectivity index (χ3n) is 3.20. The number of carbonyl (C=O) groups is 3. The molecule has 0 spiro atoms. The highest BCUT2D eigenvalue weighted by Gasteiger charge is 2.32. The molecule has 0 aliphatic heterocycles. The summed E-state index contributed by atoms with van der Waals surface area (Å²) in [5, 5.41) is 13.9. The number of primary amides is 1. The summed E-state index contributed by atoms with van der Waals surface area (Å²) < 4.78 is 0. The largest absolute Gasteiger partial charge is 0.481 e. The minimum Gasteiger partial charge on any atom is -0.481 e. The first kappa shape index (κ1) is 17.2. The van der Waals surface area contributed by atoms with E-state index in [2.05, 4.69) is 10.6 Å². The zero-order valence-electron chi connectivity index (χ0n) is 11.8. The summed E-state index contributed by atoms with van der Waals surface area (Å²) in [6.07, 6.45) is 0.381. The quantitative estimate of drug-likeness (QED) is 0.532. The van der Waals surface area contributed by atoms with E-state index in [4.69, 9.17) is 10.8 Å². The molecule has 0 aliphatic rings. The predicted octanol–water partition coefficient (Wildman–Crippen LogP) is 0.296. The highest BCUT2D eigenvalue weighted by atomic mass is 16.4. The molecule has 0 saturated heterocycles. The molecule has 0 rings (SSSR count). The van der Waals surface area contributed by atoms with Crippen molar-refractivity contribution in [2.45, 2.75) is 40.2 Å². The monoisotopic (exact) mass is 273 g/mol. The fraction of sp³-hybridized carbons (Fsp3) is 0.750. The molecule has 0 heterocycles. The van der Waals surface area contributed by atoms with Gasteiger partial charge in [0.2, 0.25) is 5.91 Å². The van der Waals surface area contributed by atoms with E-state index in [1.165, 1.54) is 0 Å². The van der Waals surface area contributed by atoms with Crippen molar-refractivity contribution in [3.63, 3.8) is 0 Å². The van der Waals surface area contributed by atoms with E-state index in [0.717, 1.165) is 0 Å². The Labute approximate surface area is 112 Å². The lowest BCUT2D eigenvalue weighted by Gasteiger charge is -2.25. The number of carbonyl (C=O) groups excluding carboxylic acids is 2. The number of nitrogens with one attached hydrogen (secondary N) is 2. The van der Waals surface area contributed by atoms with Crippen molar-refractivity contribution in [2.24, 2.45) is 17.1 Å². The van der Waals surface area contributed by atoms with E-state index in [0.29, 0.717) is 6.42 Å². The molecule has 0 saturated carbocycles. The minimum atomic E-state index is -1.03. The number of urea groups is 1. The van der Waals surface area contributed by atoms with Gasteiger partial charge in [-0.05, 0) is 19.3 Å². The van der Waals surface area contributed by atoms with Crippen LogP contribution in [-0.2, 0) is 9.59 Å². The number of hydrogen-bond acceptors (Lipinski definition) is 3. The fourth-order valence-corrected chi connectivity index (χ4v) is 1.39. The van der Waals surface area contributed by atoms with Gasteiger partial charge in [0.05, 0.1) is 5.41 Å². The van der Waals surface area contributed by atoms with Gasteiger partial charge in [-0.1, -0.05) is 20.8 Å². The van der Waals surface area contributed by atoms with Crippen LogP contribution in [0.4, 0.5) is 4.79 Å². The molecule has 0 aromatic heterocycles. The van der Waals surface area contributed by atoms with Crippen molar-refractivity contribution in [3.05, 3.63) is 0 Å². The van der Waals surface area contributed by atoms with Gasteiger partial charge >= 0.3 is 12.0 Å². The van der Waals surface area contributed by atoms with Gasteiger partial charge in [0.15, 0.2) is 0 Å². The predicted molar refractivity (Wildman–Crippen MR) is 70.4 cm³/mol. The van der Waals surface area contributed by atoms with E-state index >= 15 is 0 Å². The molecule has 5 N–H and O–H groups in total. The number of carboxylic acids is 1. The van der Waals surface area contributed by atoms with Crippen LogP contribution in [0.2, 0.25) is 0 Å². The lowest BCUT2D eigenvalue weighted by atomic mass is 9.88. The topological polar surface area (TPSA) is 122 Å². The summed E-state index contributed by atoms with van der Waals surface area (Å²) in [4.78, 5) is 33.8. The molecule has 7 nitrogen and oxygen atoms in total. The molecule has 0 bridgehead atoms. The van der Waals surface area contributed by atoms with Crippen LogP contribution in [0.15, 0.2) is 0 Å². The van der Waals surface area contributed by atoms with Gasteiger partial charge in [-0.2, -0.15) is 0 Å². The second kappa shape index (κ2) is 6.96. The second-order valence-corrected chi connectivity index (χ2v) is 5.17. The van der Waals surface area contributed by atoms with Gasteiger partial charge in [-0.25, -0.2) is 4.79 Å². The zero-order chi connectivity index (χ0) is 15.2. The van der Waals surface area contributed by atoms with E-state index < -0.39 is 29.4 Å². The first-order chi connectivity index (χ1) is 8.64. The smallest absolute Gasteiger partial charge is 0.315 e. The van der Waals surface area contributed by atoms with Crippen molar-refractivity contribution in [1.29, 1.82) is 0 Å². The van der Waals surface area contributed by atoms with Crippen LogP contribution >= 0.6 is 0 Å². The maximum Gasteiger partial charge on any atom is 0.315 e. The normalized spacial score (nSPS) is 15.4. The highest BCUT2D eigenvalue weighted by Crippen LogP contribution is 2.19. The van der Waals surface area contributed by atoms with Crippen LogP contribution < -0.4 is 16.4 Å². The Hall–Kier alpha value is -1.79. The number of rotatable bonds is 7. The molecular weight excluding hydrogens is 250 g/mol. The van der Waals surface area contributed by atoms with Crippen molar-refractivity contribution in [1.82, 2.24) is 10.6 Å². The minimum absolute atomic E-state index is 0.0196. The molecule has 3 amide bonds. The summed E-state index contributed by atoms with van der Waals surface area (Å²) >= 11 is 0. The van der Waals surface area contributed by atoms with Crippen LogP contribution in [0.3, 0.4) is 0 Å². The van der Waals surface area contributed by atoms with E-state index in [-0.39, 0.29) is 12.5 Å². The number of aliphatic carboxylic acids is 1. The molecular formula is C12H23N3O4. The maximum atomic E-state index is 11.6. The highest BCUT2D eigenvalue weighted by molar-refractivity contribution is 5.86. The van der Waals surface area contributed by atoms with Crippen LogP contribution in [0.25, 0.3) is 0 Å². The third kappa shape index (κ3) is 5.15. The number of hydrogen-bond donors (Lipinski definition) is 4.